The van der Waals surface area contributed by atoms with E-state index >= 15 is 0 Å². The Labute approximate surface area is 152 Å². The molecule has 3 aromatic rings. The van der Waals surface area contributed by atoms with E-state index in [1.807, 2.05) is 0 Å². The third kappa shape index (κ3) is 3.54. The summed E-state index contributed by atoms with van der Waals surface area (Å²) in [6.07, 6.45) is 1.33. The first-order valence-electron chi connectivity index (χ1n) is 6.83. The molecule has 0 aliphatic rings. The molecule has 0 atom stereocenters. The normalized spacial score (nSPS) is 10.8. The van der Waals surface area contributed by atoms with Gasteiger partial charge in [0.15, 0.2) is 0 Å². The zero-order valence-corrected chi connectivity index (χ0v) is 15.3. The van der Waals surface area contributed by atoms with Crippen molar-refractivity contribution in [3.05, 3.63) is 67.8 Å². The molecule has 1 aromatic heterocycles. The summed E-state index contributed by atoms with van der Waals surface area (Å²) in [4.78, 5) is 28.8. The fourth-order valence-electron chi connectivity index (χ4n) is 2.20. The average Bonchev–Trinajstić information content (AvgIpc) is 2.53. The van der Waals surface area contributed by atoms with E-state index in [1.54, 1.807) is 12.1 Å². The van der Waals surface area contributed by atoms with Gasteiger partial charge < -0.3 is 5.32 Å². The van der Waals surface area contributed by atoms with Gasteiger partial charge in [-0.05, 0) is 52.3 Å². The van der Waals surface area contributed by atoms with Gasteiger partial charge in [0.25, 0.3) is 5.56 Å². The predicted molar refractivity (Wildman–Crippen MR) is 96.4 cm³/mol. The standard InChI is InChI=1S/C16H10Br2FN3O2/c17-9-5-12-15(13(18)6-9)20-8-22(16(12)24)7-14(23)21-11-3-1-10(19)2-4-11/h1-6,8H,7H2,(H,21,23). The third-order valence-corrected chi connectivity index (χ3v) is 4.35. The van der Waals surface area contributed by atoms with Gasteiger partial charge in [0.2, 0.25) is 5.91 Å². The minimum Gasteiger partial charge on any atom is -0.325 e. The molecule has 0 unspecified atom stereocenters. The maximum absolute atomic E-state index is 12.9. The minimum atomic E-state index is -0.404. The number of nitrogens with one attached hydrogen (secondary N) is 1. The van der Waals surface area contributed by atoms with Crippen LogP contribution >= 0.6 is 31.9 Å². The second kappa shape index (κ2) is 6.82. The van der Waals surface area contributed by atoms with Gasteiger partial charge in [-0.25, -0.2) is 9.37 Å². The lowest BCUT2D eigenvalue weighted by Crippen LogP contribution is -2.28. The monoisotopic (exact) mass is 453 g/mol. The molecule has 1 amide bonds. The van der Waals surface area contributed by atoms with Crippen LogP contribution in [0.1, 0.15) is 0 Å². The highest BCUT2D eigenvalue weighted by Crippen LogP contribution is 2.24. The number of halogens is 3. The van der Waals surface area contributed by atoms with Crippen LogP contribution in [0.25, 0.3) is 10.9 Å². The number of carbonyl (C=O) groups excluding carboxylic acids is 1. The number of hydrogen-bond acceptors (Lipinski definition) is 3. The molecule has 2 aromatic carbocycles. The van der Waals surface area contributed by atoms with E-state index in [9.17, 15) is 14.0 Å². The lowest BCUT2D eigenvalue weighted by Gasteiger charge is -2.09. The summed E-state index contributed by atoms with van der Waals surface area (Å²) in [5.41, 5.74) is 0.656. The van der Waals surface area contributed by atoms with E-state index < -0.39 is 5.91 Å². The number of aromatic nitrogens is 2. The predicted octanol–water partition coefficient (Wildman–Crippen LogP) is 3.70. The van der Waals surface area contributed by atoms with E-state index in [4.69, 9.17) is 0 Å². The van der Waals surface area contributed by atoms with Crippen LogP contribution in [0.3, 0.4) is 0 Å². The van der Waals surface area contributed by atoms with E-state index in [2.05, 4.69) is 42.2 Å². The van der Waals surface area contributed by atoms with Gasteiger partial charge in [0, 0.05) is 14.6 Å². The van der Waals surface area contributed by atoms with Crippen LogP contribution in [0.15, 0.2) is 56.5 Å². The molecule has 24 heavy (non-hydrogen) atoms. The zero-order valence-electron chi connectivity index (χ0n) is 12.1. The fourth-order valence-corrected chi connectivity index (χ4v) is 3.52. The largest absolute Gasteiger partial charge is 0.325 e. The topological polar surface area (TPSA) is 64.0 Å². The van der Waals surface area contributed by atoms with Gasteiger partial charge in [0.05, 0.1) is 17.2 Å². The highest BCUT2D eigenvalue weighted by molar-refractivity contribution is 9.11. The van der Waals surface area contributed by atoms with Gasteiger partial charge in [-0.2, -0.15) is 0 Å². The number of fused-ring (bicyclic) bond motifs is 1. The van der Waals surface area contributed by atoms with E-state index in [0.29, 0.717) is 21.1 Å². The van der Waals surface area contributed by atoms with Crippen molar-refractivity contribution in [2.75, 3.05) is 5.32 Å². The lowest BCUT2D eigenvalue weighted by atomic mass is 10.2. The molecule has 122 valence electrons. The number of carbonyl (C=O) groups is 1. The Hall–Kier alpha value is -2.06. The van der Waals surface area contributed by atoms with Crippen LogP contribution in [0.4, 0.5) is 10.1 Å². The Bertz CT molecular complexity index is 987. The molecule has 8 heteroatoms. The number of anilines is 1. The number of nitrogens with zero attached hydrogens (tertiary/aromatic N) is 2. The summed E-state index contributed by atoms with van der Waals surface area (Å²) in [6.45, 7) is -0.191. The molecule has 0 aliphatic heterocycles. The van der Waals surface area contributed by atoms with Crippen molar-refractivity contribution >= 4 is 54.4 Å². The third-order valence-electron chi connectivity index (χ3n) is 3.29. The molecule has 0 bridgehead atoms. The summed E-state index contributed by atoms with van der Waals surface area (Å²) in [7, 11) is 0. The van der Waals surface area contributed by atoms with Crippen LogP contribution in [0.2, 0.25) is 0 Å². The molecule has 0 saturated carbocycles. The van der Waals surface area contributed by atoms with Crippen LogP contribution in [-0.2, 0) is 11.3 Å². The van der Waals surface area contributed by atoms with Gasteiger partial charge in [-0.1, -0.05) is 15.9 Å². The smallest absolute Gasteiger partial charge is 0.261 e. The molecular weight excluding hydrogens is 445 g/mol. The molecule has 0 fully saturated rings. The van der Waals surface area contributed by atoms with E-state index in [0.717, 1.165) is 4.47 Å². The summed E-state index contributed by atoms with van der Waals surface area (Å²) < 4.78 is 15.5. The molecule has 0 saturated heterocycles. The first-order valence-corrected chi connectivity index (χ1v) is 8.42. The van der Waals surface area contributed by atoms with Crippen molar-refractivity contribution in [1.82, 2.24) is 9.55 Å². The highest BCUT2D eigenvalue weighted by Gasteiger charge is 2.11. The lowest BCUT2D eigenvalue weighted by molar-refractivity contribution is -0.116. The van der Waals surface area contributed by atoms with E-state index in [-0.39, 0.29) is 17.9 Å². The average molecular weight is 455 g/mol. The van der Waals surface area contributed by atoms with Crippen LogP contribution in [0, 0.1) is 5.82 Å². The summed E-state index contributed by atoms with van der Waals surface area (Å²) in [5.74, 6) is -0.793. The molecule has 0 aliphatic carbocycles. The maximum Gasteiger partial charge on any atom is 0.261 e. The summed E-state index contributed by atoms with van der Waals surface area (Å²) in [5, 5.41) is 3.00. The number of hydrogen-bond donors (Lipinski definition) is 1. The Morgan fingerprint density at radius 2 is 1.92 bits per heavy atom. The fraction of sp³-hybridized carbons (Fsp3) is 0.0625. The highest BCUT2D eigenvalue weighted by atomic mass is 79.9. The van der Waals surface area contributed by atoms with Crippen LogP contribution in [0.5, 0.6) is 0 Å². The zero-order chi connectivity index (χ0) is 17.3. The Morgan fingerprint density at radius 1 is 1.21 bits per heavy atom. The van der Waals surface area contributed by atoms with Gasteiger partial charge in [-0.3, -0.25) is 14.2 Å². The van der Waals surface area contributed by atoms with Crippen molar-refractivity contribution in [1.29, 1.82) is 0 Å². The SMILES string of the molecule is O=C(Cn1cnc2c(Br)cc(Br)cc2c1=O)Nc1ccc(F)cc1. The van der Waals surface area contributed by atoms with Crippen molar-refractivity contribution in [2.24, 2.45) is 0 Å². The molecule has 0 spiro atoms. The Kier molecular flexibility index (Phi) is 4.77. The Morgan fingerprint density at radius 3 is 2.62 bits per heavy atom. The number of benzene rings is 2. The minimum absolute atomic E-state index is 0.191. The van der Waals surface area contributed by atoms with Crippen LogP contribution in [-0.4, -0.2) is 15.5 Å². The molecule has 0 radical (unpaired) electrons. The van der Waals surface area contributed by atoms with Gasteiger partial charge >= 0.3 is 0 Å². The van der Waals surface area contributed by atoms with E-state index in [1.165, 1.54) is 35.2 Å². The van der Waals surface area contributed by atoms with Crippen molar-refractivity contribution in [2.45, 2.75) is 6.54 Å². The number of rotatable bonds is 3. The number of amides is 1. The molecule has 3 rings (SSSR count). The first kappa shape index (κ1) is 16.8. The molecule has 5 nitrogen and oxygen atoms in total. The van der Waals surface area contributed by atoms with Crippen molar-refractivity contribution < 1.29 is 9.18 Å². The summed E-state index contributed by atoms with van der Waals surface area (Å²) in [6, 6.07) is 8.83. The van der Waals surface area contributed by atoms with Crippen molar-refractivity contribution in [3.63, 3.8) is 0 Å². The molecule has 1 heterocycles. The van der Waals surface area contributed by atoms with Crippen LogP contribution < -0.4 is 10.9 Å². The molecule has 1 N–H and O–H groups in total. The second-order valence-electron chi connectivity index (χ2n) is 5.02. The molecular formula is C16H10Br2FN3O2. The van der Waals surface area contributed by atoms with Crippen molar-refractivity contribution in [3.8, 4) is 0 Å². The quantitative estimate of drug-likeness (QED) is 0.656. The van der Waals surface area contributed by atoms with Gasteiger partial charge in [-0.15, -0.1) is 0 Å². The first-order chi connectivity index (χ1) is 11.4. The van der Waals surface area contributed by atoms with Gasteiger partial charge in [0.1, 0.15) is 12.4 Å². The Balaban J connectivity index is 1.87. The summed E-state index contributed by atoms with van der Waals surface area (Å²) >= 11 is 6.68. The maximum atomic E-state index is 12.9. The second-order valence-corrected chi connectivity index (χ2v) is 6.79.